The Bertz CT molecular complexity index is 453. The van der Waals surface area contributed by atoms with E-state index in [9.17, 15) is 29.4 Å². The molecule has 132 valence electrons. The van der Waals surface area contributed by atoms with Gasteiger partial charge in [-0.15, -0.1) is 0 Å². The molecular weight excluding hydrogens is 312 g/mol. The van der Waals surface area contributed by atoms with Gasteiger partial charge >= 0.3 is 5.97 Å². The summed E-state index contributed by atoms with van der Waals surface area (Å²) in [7, 11) is 0. The molecule has 0 heterocycles. The van der Waals surface area contributed by atoms with Gasteiger partial charge in [-0.05, 0) is 13.8 Å². The van der Waals surface area contributed by atoms with Gasteiger partial charge < -0.3 is 37.0 Å². The molecule has 0 aliphatic heterocycles. The van der Waals surface area contributed by atoms with Crippen LogP contribution in [0.15, 0.2) is 0 Å². The zero-order chi connectivity index (χ0) is 18.2. The van der Waals surface area contributed by atoms with E-state index in [0.717, 1.165) is 6.92 Å². The maximum Gasteiger partial charge on any atom is 0.328 e. The number of rotatable bonds is 9. The van der Waals surface area contributed by atoms with E-state index in [4.69, 9.17) is 10.8 Å². The molecule has 4 unspecified atom stereocenters. The van der Waals surface area contributed by atoms with E-state index in [-0.39, 0.29) is 6.54 Å². The van der Waals surface area contributed by atoms with Crippen LogP contribution in [0.25, 0.3) is 0 Å². The van der Waals surface area contributed by atoms with Gasteiger partial charge in [-0.25, -0.2) is 4.79 Å². The average molecular weight is 334 g/mol. The minimum Gasteiger partial charge on any atom is -0.480 e. The molecule has 0 aromatic rings. The van der Waals surface area contributed by atoms with E-state index in [0.29, 0.717) is 0 Å². The summed E-state index contributed by atoms with van der Waals surface area (Å²) in [6.07, 6.45) is -2.72. The van der Waals surface area contributed by atoms with Crippen LogP contribution in [0.4, 0.5) is 0 Å². The zero-order valence-corrected chi connectivity index (χ0v) is 12.8. The summed E-state index contributed by atoms with van der Waals surface area (Å²) in [6, 6.07) is -3.06. The van der Waals surface area contributed by atoms with Crippen molar-refractivity contribution in [1.29, 1.82) is 0 Å². The number of nitrogens with two attached hydrogens (primary N) is 1. The fourth-order valence-electron chi connectivity index (χ4n) is 1.51. The maximum absolute atomic E-state index is 12.0. The first-order valence-corrected chi connectivity index (χ1v) is 6.75. The van der Waals surface area contributed by atoms with Crippen LogP contribution >= 0.6 is 0 Å². The highest BCUT2D eigenvalue weighted by molar-refractivity contribution is 5.92. The Morgan fingerprint density at radius 1 is 0.957 bits per heavy atom. The third-order valence-electron chi connectivity index (χ3n) is 2.76. The molecule has 0 saturated carbocycles. The van der Waals surface area contributed by atoms with Crippen molar-refractivity contribution >= 4 is 23.7 Å². The van der Waals surface area contributed by atoms with Crippen molar-refractivity contribution in [2.75, 3.05) is 13.1 Å². The van der Waals surface area contributed by atoms with Crippen molar-refractivity contribution < 1.29 is 34.5 Å². The van der Waals surface area contributed by atoms with Crippen molar-refractivity contribution in [2.24, 2.45) is 5.73 Å². The molecule has 0 radical (unpaired) electrons. The number of hydrogen-bond donors (Lipinski definition) is 7. The molecule has 0 saturated heterocycles. The molecule has 0 aliphatic carbocycles. The van der Waals surface area contributed by atoms with Gasteiger partial charge in [-0.1, -0.05) is 0 Å². The van der Waals surface area contributed by atoms with Gasteiger partial charge in [0.25, 0.3) is 0 Å². The van der Waals surface area contributed by atoms with Crippen LogP contribution in [0, 0.1) is 0 Å². The molecule has 11 heteroatoms. The second-order valence-corrected chi connectivity index (χ2v) is 4.83. The van der Waals surface area contributed by atoms with Gasteiger partial charge in [-0.3, -0.25) is 14.4 Å². The summed E-state index contributed by atoms with van der Waals surface area (Å²) in [4.78, 5) is 45.4. The molecule has 11 nitrogen and oxygen atoms in total. The predicted octanol–water partition coefficient (Wildman–Crippen LogP) is -4.12. The fraction of sp³-hybridized carbons (Fsp3) is 0.667. The van der Waals surface area contributed by atoms with E-state index in [1.807, 2.05) is 5.32 Å². The van der Waals surface area contributed by atoms with Crippen LogP contribution in [0.3, 0.4) is 0 Å². The quantitative estimate of drug-likeness (QED) is 0.221. The first kappa shape index (κ1) is 20.8. The van der Waals surface area contributed by atoms with Crippen molar-refractivity contribution in [1.82, 2.24) is 16.0 Å². The lowest BCUT2D eigenvalue weighted by Crippen LogP contribution is -2.58. The minimum atomic E-state index is -1.60. The van der Waals surface area contributed by atoms with Crippen molar-refractivity contribution in [3.05, 3.63) is 0 Å². The predicted molar refractivity (Wildman–Crippen MR) is 76.9 cm³/mol. The van der Waals surface area contributed by atoms with Crippen molar-refractivity contribution in [3.8, 4) is 0 Å². The molecule has 8 N–H and O–H groups in total. The lowest BCUT2D eigenvalue weighted by atomic mass is 10.1. The van der Waals surface area contributed by atoms with E-state index in [1.165, 1.54) is 6.92 Å². The zero-order valence-electron chi connectivity index (χ0n) is 12.8. The lowest BCUT2D eigenvalue weighted by molar-refractivity contribution is -0.145. The number of carboxylic acids is 1. The molecule has 0 rings (SSSR count). The molecule has 0 aromatic carbocycles. The molecule has 0 bridgehead atoms. The summed E-state index contributed by atoms with van der Waals surface area (Å²) in [5.74, 6) is -3.83. The van der Waals surface area contributed by atoms with Crippen LogP contribution in [-0.4, -0.2) is 76.4 Å². The first-order valence-electron chi connectivity index (χ1n) is 6.75. The summed E-state index contributed by atoms with van der Waals surface area (Å²) >= 11 is 0. The van der Waals surface area contributed by atoms with Crippen LogP contribution in [0.5, 0.6) is 0 Å². The van der Waals surface area contributed by atoms with E-state index >= 15 is 0 Å². The Balaban J connectivity index is 4.78. The van der Waals surface area contributed by atoms with Crippen LogP contribution in [0.2, 0.25) is 0 Å². The standard InChI is InChI=1S/C12H22N4O7/c1-5(17)9(15-8(20)4-14-7(19)3-13)11(21)16-10(6(2)18)12(22)23/h5-6,9-10,17-18H,3-4,13H2,1-2H3,(H,14,19)(H,15,20)(H,16,21)(H,22,23). The number of aliphatic hydroxyl groups is 2. The summed E-state index contributed by atoms with van der Waals surface area (Å²) < 4.78 is 0. The maximum atomic E-state index is 12.0. The SMILES string of the molecule is CC(O)C(NC(=O)C(NC(=O)CNC(=O)CN)C(C)O)C(=O)O. The smallest absolute Gasteiger partial charge is 0.328 e. The Morgan fingerprint density at radius 3 is 1.87 bits per heavy atom. The molecule has 4 atom stereocenters. The monoisotopic (exact) mass is 334 g/mol. The highest BCUT2D eigenvalue weighted by Crippen LogP contribution is 1.98. The Kier molecular flexibility index (Phi) is 8.77. The molecule has 0 aromatic heterocycles. The Labute approximate surface area is 132 Å². The third kappa shape index (κ3) is 7.54. The summed E-state index contributed by atoms with van der Waals surface area (Å²) in [5, 5.41) is 34.1. The molecule has 3 amide bonds. The van der Waals surface area contributed by atoms with E-state index in [2.05, 4.69) is 10.6 Å². The number of amides is 3. The minimum absolute atomic E-state index is 0.317. The molecule has 23 heavy (non-hydrogen) atoms. The van der Waals surface area contributed by atoms with Gasteiger partial charge in [-0.2, -0.15) is 0 Å². The second-order valence-electron chi connectivity index (χ2n) is 4.83. The number of carbonyl (C=O) groups excluding carboxylic acids is 3. The van der Waals surface area contributed by atoms with E-state index in [1.54, 1.807) is 0 Å². The Hall–Kier alpha value is -2.24. The number of hydrogen-bond acceptors (Lipinski definition) is 7. The highest BCUT2D eigenvalue weighted by Gasteiger charge is 2.31. The van der Waals surface area contributed by atoms with Crippen LogP contribution < -0.4 is 21.7 Å². The first-order chi connectivity index (χ1) is 10.6. The molecular formula is C12H22N4O7. The number of carbonyl (C=O) groups is 4. The van der Waals surface area contributed by atoms with Gasteiger partial charge in [0.05, 0.1) is 25.3 Å². The molecule has 0 spiro atoms. The number of aliphatic hydroxyl groups excluding tert-OH is 2. The average Bonchev–Trinajstić information content (AvgIpc) is 2.46. The number of nitrogens with one attached hydrogen (secondary N) is 3. The van der Waals surface area contributed by atoms with Gasteiger partial charge in [0.15, 0.2) is 6.04 Å². The second kappa shape index (κ2) is 9.71. The highest BCUT2D eigenvalue weighted by atomic mass is 16.4. The van der Waals surface area contributed by atoms with Gasteiger partial charge in [0, 0.05) is 0 Å². The summed E-state index contributed by atoms with van der Waals surface area (Å²) in [6.45, 7) is 1.59. The third-order valence-corrected chi connectivity index (χ3v) is 2.76. The van der Waals surface area contributed by atoms with E-state index < -0.39 is 54.5 Å². The van der Waals surface area contributed by atoms with Crippen LogP contribution in [-0.2, 0) is 19.2 Å². The normalized spacial score (nSPS) is 15.7. The largest absolute Gasteiger partial charge is 0.480 e. The van der Waals surface area contributed by atoms with Crippen molar-refractivity contribution in [3.63, 3.8) is 0 Å². The van der Waals surface area contributed by atoms with Crippen LogP contribution in [0.1, 0.15) is 13.8 Å². The summed E-state index contributed by atoms with van der Waals surface area (Å²) in [5.41, 5.74) is 5.04. The number of carboxylic acid groups (broad SMARTS) is 1. The fourth-order valence-corrected chi connectivity index (χ4v) is 1.51. The van der Waals surface area contributed by atoms with Crippen molar-refractivity contribution in [2.45, 2.75) is 38.1 Å². The van der Waals surface area contributed by atoms with Gasteiger partial charge in [0.1, 0.15) is 6.04 Å². The molecule has 0 aliphatic rings. The topological polar surface area (TPSA) is 191 Å². The Morgan fingerprint density at radius 2 is 1.48 bits per heavy atom. The lowest BCUT2D eigenvalue weighted by Gasteiger charge is -2.24. The van der Waals surface area contributed by atoms with Gasteiger partial charge in [0.2, 0.25) is 17.7 Å². The number of aliphatic carboxylic acids is 1. The molecule has 0 fully saturated rings.